The van der Waals surface area contributed by atoms with Crippen LogP contribution in [-0.2, 0) is 9.59 Å². The minimum absolute atomic E-state index is 0.0376. The molecule has 4 nitrogen and oxygen atoms in total. The lowest BCUT2D eigenvalue weighted by Crippen LogP contribution is -2.32. The lowest BCUT2D eigenvalue weighted by atomic mass is 9.91. The Morgan fingerprint density at radius 2 is 0.737 bits per heavy atom. The summed E-state index contributed by atoms with van der Waals surface area (Å²) in [5, 5.41) is 0. The number of benzene rings is 4. The predicted octanol–water partition coefficient (Wildman–Crippen LogP) is 6.12. The molecule has 192 valence electrons. The Bertz CT molecular complexity index is 1140. The van der Waals surface area contributed by atoms with Crippen LogP contribution in [0.25, 0.3) is 0 Å². The van der Waals surface area contributed by atoms with Gasteiger partial charge in [-0.1, -0.05) is 121 Å². The fraction of sp³-hybridized carbons (Fsp3) is 0.176. The SMILES string of the molecule is CN(CC(c1ccccc1)c1ccccc1)C(=O)/C=C/C(=O)N(C)CC(c1ccccc1)c1ccccc1. The van der Waals surface area contributed by atoms with Gasteiger partial charge in [-0.25, -0.2) is 0 Å². The molecule has 0 aromatic heterocycles. The molecule has 0 N–H and O–H groups in total. The lowest BCUT2D eigenvalue weighted by molar-refractivity contribution is -0.127. The van der Waals surface area contributed by atoms with Crippen molar-refractivity contribution in [3.05, 3.63) is 156 Å². The molecule has 0 aliphatic carbocycles. The van der Waals surface area contributed by atoms with Gasteiger partial charge in [-0.05, 0) is 22.3 Å². The lowest BCUT2D eigenvalue weighted by Gasteiger charge is -2.25. The molecule has 2 amide bonds. The van der Waals surface area contributed by atoms with E-state index in [0.29, 0.717) is 13.1 Å². The molecule has 0 saturated carbocycles. The van der Waals surface area contributed by atoms with Gasteiger partial charge in [0.1, 0.15) is 0 Å². The standard InChI is InChI=1S/C34H34N2O2/c1-35(25-31(27-15-7-3-8-16-27)28-17-9-4-10-18-28)33(37)23-24-34(38)36(2)26-32(29-19-11-5-12-20-29)30-21-13-6-14-22-30/h3-24,31-32H,25-26H2,1-2H3/b24-23+. The van der Waals surface area contributed by atoms with Crippen LogP contribution in [0, 0.1) is 0 Å². The summed E-state index contributed by atoms with van der Waals surface area (Å²) in [5.74, 6) is -0.330. The fourth-order valence-electron chi connectivity index (χ4n) is 4.67. The Labute approximate surface area is 225 Å². The van der Waals surface area contributed by atoms with Crippen molar-refractivity contribution in [2.75, 3.05) is 27.2 Å². The van der Waals surface area contributed by atoms with Crippen LogP contribution in [0.15, 0.2) is 133 Å². The average molecular weight is 503 g/mol. The van der Waals surface area contributed by atoms with Crippen LogP contribution >= 0.6 is 0 Å². The van der Waals surface area contributed by atoms with E-state index < -0.39 is 0 Å². The predicted molar refractivity (Wildman–Crippen MR) is 154 cm³/mol. The highest BCUT2D eigenvalue weighted by atomic mass is 16.2. The molecule has 38 heavy (non-hydrogen) atoms. The normalized spacial score (nSPS) is 11.2. The van der Waals surface area contributed by atoms with Gasteiger partial charge < -0.3 is 9.80 Å². The van der Waals surface area contributed by atoms with Crippen LogP contribution in [0.3, 0.4) is 0 Å². The van der Waals surface area contributed by atoms with E-state index in [2.05, 4.69) is 48.5 Å². The molecule has 0 fully saturated rings. The number of hydrogen-bond donors (Lipinski definition) is 0. The van der Waals surface area contributed by atoms with Crippen molar-refractivity contribution in [3.63, 3.8) is 0 Å². The summed E-state index contributed by atoms with van der Waals surface area (Å²) >= 11 is 0. The average Bonchev–Trinajstić information content (AvgIpc) is 2.98. The summed E-state index contributed by atoms with van der Waals surface area (Å²) in [6.07, 6.45) is 2.76. The van der Waals surface area contributed by atoms with Gasteiger partial charge in [0.25, 0.3) is 0 Å². The van der Waals surface area contributed by atoms with Crippen molar-refractivity contribution in [2.24, 2.45) is 0 Å². The van der Waals surface area contributed by atoms with Crippen LogP contribution in [-0.4, -0.2) is 48.8 Å². The number of carbonyl (C=O) groups excluding carboxylic acids is 2. The molecular weight excluding hydrogens is 468 g/mol. The number of nitrogens with zero attached hydrogens (tertiary/aromatic N) is 2. The summed E-state index contributed by atoms with van der Waals surface area (Å²) < 4.78 is 0. The summed E-state index contributed by atoms with van der Waals surface area (Å²) in [6.45, 7) is 1.01. The summed E-state index contributed by atoms with van der Waals surface area (Å²) in [6, 6.07) is 40.7. The number of carbonyl (C=O) groups is 2. The number of rotatable bonds is 10. The maximum atomic E-state index is 13.0. The first kappa shape index (κ1) is 26.6. The second kappa shape index (κ2) is 13.2. The van der Waals surface area contributed by atoms with Gasteiger partial charge >= 0.3 is 0 Å². The van der Waals surface area contributed by atoms with E-state index in [1.165, 1.54) is 12.2 Å². The first-order valence-electron chi connectivity index (χ1n) is 12.9. The summed E-state index contributed by atoms with van der Waals surface area (Å²) in [7, 11) is 3.56. The molecule has 4 aromatic rings. The smallest absolute Gasteiger partial charge is 0.246 e. The molecule has 0 aliphatic heterocycles. The topological polar surface area (TPSA) is 40.6 Å². The van der Waals surface area contributed by atoms with Crippen LogP contribution in [0.4, 0.5) is 0 Å². The second-order valence-electron chi connectivity index (χ2n) is 9.52. The highest BCUT2D eigenvalue weighted by Crippen LogP contribution is 2.26. The molecule has 4 heteroatoms. The van der Waals surface area contributed by atoms with E-state index >= 15 is 0 Å². The Balaban J connectivity index is 1.43. The van der Waals surface area contributed by atoms with Crippen molar-refractivity contribution in [2.45, 2.75) is 11.8 Å². The van der Waals surface area contributed by atoms with Crippen LogP contribution in [0.5, 0.6) is 0 Å². The van der Waals surface area contributed by atoms with Gasteiger partial charge in [0.2, 0.25) is 11.8 Å². The van der Waals surface area contributed by atoms with Crippen molar-refractivity contribution < 1.29 is 9.59 Å². The van der Waals surface area contributed by atoms with E-state index in [9.17, 15) is 9.59 Å². The Morgan fingerprint density at radius 1 is 0.500 bits per heavy atom. The van der Waals surface area contributed by atoms with Crippen LogP contribution in [0.2, 0.25) is 0 Å². The van der Waals surface area contributed by atoms with E-state index in [-0.39, 0.29) is 23.7 Å². The third-order valence-corrected chi connectivity index (χ3v) is 6.84. The van der Waals surface area contributed by atoms with E-state index in [1.807, 2.05) is 72.8 Å². The number of likely N-dealkylation sites (N-methyl/N-ethyl adjacent to an activating group) is 2. The highest BCUT2D eigenvalue weighted by molar-refractivity contribution is 5.96. The zero-order valence-corrected chi connectivity index (χ0v) is 22.0. The minimum Gasteiger partial charge on any atom is -0.341 e. The maximum absolute atomic E-state index is 13.0. The zero-order chi connectivity index (χ0) is 26.7. The largest absolute Gasteiger partial charge is 0.341 e. The third kappa shape index (κ3) is 7.07. The molecule has 4 aromatic carbocycles. The van der Waals surface area contributed by atoms with E-state index in [4.69, 9.17) is 0 Å². The Hall–Kier alpha value is -4.44. The molecule has 0 saturated heterocycles. The highest BCUT2D eigenvalue weighted by Gasteiger charge is 2.20. The van der Waals surface area contributed by atoms with Crippen molar-refractivity contribution >= 4 is 11.8 Å². The molecule has 0 unspecified atom stereocenters. The number of hydrogen-bond acceptors (Lipinski definition) is 2. The maximum Gasteiger partial charge on any atom is 0.246 e. The van der Waals surface area contributed by atoms with Gasteiger partial charge in [-0.2, -0.15) is 0 Å². The summed E-state index contributed by atoms with van der Waals surface area (Å²) in [5.41, 5.74) is 4.58. The molecule has 0 heterocycles. The molecular formula is C34H34N2O2. The van der Waals surface area contributed by atoms with Gasteiger partial charge in [-0.3, -0.25) is 9.59 Å². The molecule has 0 spiro atoms. The fourth-order valence-corrected chi connectivity index (χ4v) is 4.67. The zero-order valence-electron chi connectivity index (χ0n) is 22.0. The van der Waals surface area contributed by atoms with Crippen LogP contribution < -0.4 is 0 Å². The van der Waals surface area contributed by atoms with Crippen molar-refractivity contribution in [1.82, 2.24) is 9.80 Å². The Morgan fingerprint density at radius 3 is 0.974 bits per heavy atom. The summed E-state index contributed by atoms with van der Waals surface area (Å²) in [4.78, 5) is 29.3. The first-order chi connectivity index (χ1) is 18.5. The molecule has 0 bridgehead atoms. The molecule has 0 aliphatic rings. The molecule has 4 rings (SSSR count). The minimum atomic E-state index is -0.203. The second-order valence-corrected chi connectivity index (χ2v) is 9.52. The Kier molecular flexibility index (Phi) is 9.25. The van der Waals surface area contributed by atoms with E-state index in [1.54, 1.807) is 23.9 Å². The van der Waals surface area contributed by atoms with Crippen LogP contribution in [0.1, 0.15) is 34.1 Å². The first-order valence-corrected chi connectivity index (χ1v) is 12.9. The van der Waals surface area contributed by atoms with E-state index in [0.717, 1.165) is 22.3 Å². The van der Waals surface area contributed by atoms with Gasteiger partial charge in [0.05, 0.1) is 0 Å². The van der Waals surface area contributed by atoms with Gasteiger partial charge in [0.15, 0.2) is 0 Å². The number of amides is 2. The van der Waals surface area contributed by atoms with Crippen molar-refractivity contribution in [1.29, 1.82) is 0 Å². The molecule has 0 radical (unpaired) electrons. The van der Waals surface area contributed by atoms with Crippen molar-refractivity contribution in [3.8, 4) is 0 Å². The van der Waals surface area contributed by atoms with Gasteiger partial charge in [0, 0.05) is 51.2 Å². The third-order valence-electron chi connectivity index (χ3n) is 6.84. The quantitative estimate of drug-likeness (QED) is 0.245. The molecule has 0 atom stereocenters. The monoisotopic (exact) mass is 502 g/mol. The van der Waals surface area contributed by atoms with Gasteiger partial charge in [-0.15, -0.1) is 0 Å².